The SMILES string of the molecule is COc1ccccc1N1CC(C(=O)NC2CCCNC2)CC1=O.Cl. The summed E-state index contributed by atoms with van der Waals surface area (Å²) in [7, 11) is 1.58. The summed E-state index contributed by atoms with van der Waals surface area (Å²) in [5.41, 5.74) is 0.731. The van der Waals surface area contributed by atoms with Crippen LogP contribution < -0.4 is 20.3 Å². The van der Waals surface area contributed by atoms with Gasteiger partial charge in [0.05, 0.1) is 18.7 Å². The number of amides is 2. The monoisotopic (exact) mass is 353 g/mol. The summed E-state index contributed by atoms with van der Waals surface area (Å²) >= 11 is 0. The molecule has 2 amide bonds. The number of nitrogens with one attached hydrogen (secondary N) is 2. The average molecular weight is 354 g/mol. The number of halogens is 1. The first-order chi connectivity index (χ1) is 11.2. The van der Waals surface area contributed by atoms with Gasteiger partial charge in [-0.1, -0.05) is 12.1 Å². The first kappa shape index (κ1) is 18.5. The average Bonchev–Trinajstić information content (AvgIpc) is 2.97. The van der Waals surface area contributed by atoms with E-state index in [0.717, 1.165) is 31.6 Å². The zero-order chi connectivity index (χ0) is 16.2. The zero-order valence-corrected chi connectivity index (χ0v) is 14.6. The summed E-state index contributed by atoms with van der Waals surface area (Å²) in [5.74, 6) is 0.300. The molecule has 1 aromatic rings. The quantitative estimate of drug-likeness (QED) is 0.857. The van der Waals surface area contributed by atoms with Crippen molar-refractivity contribution in [3.8, 4) is 5.75 Å². The Labute approximate surface area is 148 Å². The lowest BCUT2D eigenvalue weighted by atomic mass is 10.0. The van der Waals surface area contributed by atoms with Crippen LogP contribution in [0.25, 0.3) is 0 Å². The number of hydrogen-bond acceptors (Lipinski definition) is 4. The van der Waals surface area contributed by atoms with E-state index in [9.17, 15) is 9.59 Å². The summed E-state index contributed by atoms with van der Waals surface area (Å²) < 4.78 is 5.32. The molecular formula is C17H24ClN3O3. The Kier molecular flexibility index (Phi) is 6.45. The number of benzene rings is 1. The number of nitrogens with zero attached hydrogens (tertiary/aromatic N) is 1. The van der Waals surface area contributed by atoms with E-state index in [0.29, 0.717) is 12.3 Å². The molecule has 2 heterocycles. The van der Waals surface area contributed by atoms with Crippen molar-refractivity contribution in [2.24, 2.45) is 5.92 Å². The maximum atomic E-state index is 12.4. The lowest BCUT2D eigenvalue weighted by Crippen LogP contribution is -2.47. The van der Waals surface area contributed by atoms with Gasteiger partial charge in [-0.15, -0.1) is 12.4 Å². The molecule has 2 fully saturated rings. The van der Waals surface area contributed by atoms with Gasteiger partial charge < -0.3 is 20.3 Å². The Balaban J connectivity index is 0.00000208. The van der Waals surface area contributed by atoms with Gasteiger partial charge in [0.15, 0.2) is 0 Å². The molecule has 0 bridgehead atoms. The Morgan fingerprint density at radius 2 is 2.17 bits per heavy atom. The third-order valence-corrected chi connectivity index (χ3v) is 4.52. The first-order valence-corrected chi connectivity index (χ1v) is 8.13. The Bertz CT molecular complexity index is 590. The van der Waals surface area contributed by atoms with Gasteiger partial charge >= 0.3 is 0 Å². The fourth-order valence-electron chi connectivity index (χ4n) is 3.26. The van der Waals surface area contributed by atoms with Crippen LogP contribution in [0.2, 0.25) is 0 Å². The molecule has 0 saturated carbocycles. The van der Waals surface area contributed by atoms with Crippen LogP contribution in [0.15, 0.2) is 24.3 Å². The van der Waals surface area contributed by atoms with Gasteiger partial charge in [0.2, 0.25) is 11.8 Å². The maximum absolute atomic E-state index is 12.4. The van der Waals surface area contributed by atoms with E-state index in [2.05, 4.69) is 10.6 Å². The van der Waals surface area contributed by atoms with E-state index >= 15 is 0 Å². The summed E-state index contributed by atoms with van der Waals surface area (Å²) in [5, 5.41) is 6.35. The van der Waals surface area contributed by atoms with Crippen molar-refractivity contribution in [3.05, 3.63) is 24.3 Å². The Morgan fingerprint density at radius 1 is 1.38 bits per heavy atom. The number of carbonyl (C=O) groups is 2. The molecule has 6 nitrogen and oxygen atoms in total. The third kappa shape index (κ3) is 3.99. The van der Waals surface area contributed by atoms with Gasteiger partial charge in [-0.3, -0.25) is 9.59 Å². The molecule has 132 valence electrons. The minimum absolute atomic E-state index is 0. The van der Waals surface area contributed by atoms with Crippen LogP contribution in [0.3, 0.4) is 0 Å². The number of ether oxygens (including phenoxy) is 1. The molecule has 2 aliphatic rings. The topological polar surface area (TPSA) is 70.7 Å². The molecular weight excluding hydrogens is 330 g/mol. The van der Waals surface area contributed by atoms with Crippen molar-refractivity contribution in [2.45, 2.75) is 25.3 Å². The highest BCUT2D eigenvalue weighted by molar-refractivity contribution is 6.01. The number of para-hydroxylation sites is 2. The third-order valence-electron chi connectivity index (χ3n) is 4.52. The lowest BCUT2D eigenvalue weighted by Gasteiger charge is -2.25. The van der Waals surface area contributed by atoms with E-state index in [1.807, 2.05) is 24.3 Å². The summed E-state index contributed by atoms with van der Waals surface area (Å²) in [6.45, 7) is 2.23. The van der Waals surface area contributed by atoms with Crippen LogP contribution in [0.1, 0.15) is 19.3 Å². The highest BCUT2D eigenvalue weighted by Crippen LogP contribution is 2.32. The summed E-state index contributed by atoms with van der Waals surface area (Å²) in [6.07, 6.45) is 2.32. The van der Waals surface area contributed by atoms with Gasteiger partial charge in [-0.2, -0.15) is 0 Å². The zero-order valence-electron chi connectivity index (χ0n) is 13.8. The van der Waals surface area contributed by atoms with E-state index in [-0.39, 0.29) is 42.6 Å². The van der Waals surface area contributed by atoms with Crippen LogP contribution in [0.5, 0.6) is 5.75 Å². The van der Waals surface area contributed by atoms with E-state index in [4.69, 9.17) is 4.74 Å². The van der Waals surface area contributed by atoms with Crippen molar-refractivity contribution in [1.82, 2.24) is 10.6 Å². The predicted molar refractivity (Wildman–Crippen MR) is 94.7 cm³/mol. The highest BCUT2D eigenvalue weighted by atomic mass is 35.5. The van der Waals surface area contributed by atoms with Gasteiger partial charge in [0.1, 0.15) is 5.75 Å². The Hall–Kier alpha value is -1.79. The van der Waals surface area contributed by atoms with Crippen LogP contribution in [-0.2, 0) is 9.59 Å². The predicted octanol–water partition coefficient (Wildman–Crippen LogP) is 1.34. The molecule has 2 saturated heterocycles. The van der Waals surface area contributed by atoms with E-state index < -0.39 is 0 Å². The molecule has 7 heteroatoms. The molecule has 24 heavy (non-hydrogen) atoms. The minimum Gasteiger partial charge on any atom is -0.495 e. The smallest absolute Gasteiger partial charge is 0.227 e. The molecule has 0 aliphatic carbocycles. The van der Waals surface area contributed by atoms with Crippen molar-refractivity contribution in [3.63, 3.8) is 0 Å². The fourth-order valence-corrected chi connectivity index (χ4v) is 3.26. The molecule has 2 atom stereocenters. The molecule has 0 radical (unpaired) electrons. The van der Waals surface area contributed by atoms with E-state index in [1.54, 1.807) is 12.0 Å². The fraction of sp³-hybridized carbons (Fsp3) is 0.529. The van der Waals surface area contributed by atoms with Crippen LogP contribution in [0, 0.1) is 5.92 Å². The number of carbonyl (C=O) groups excluding carboxylic acids is 2. The molecule has 1 aromatic carbocycles. The molecule has 0 spiro atoms. The second-order valence-corrected chi connectivity index (χ2v) is 6.13. The van der Waals surface area contributed by atoms with Crippen LogP contribution in [0.4, 0.5) is 5.69 Å². The molecule has 2 aliphatic heterocycles. The minimum atomic E-state index is -0.297. The Morgan fingerprint density at radius 3 is 2.88 bits per heavy atom. The van der Waals surface area contributed by atoms with Crippen molar-refractivity contribution >= 4 is 29.9 Å². The van der Waals surface area contributed by atoms with Crippen molar-refractivity contribution in [2.75, 3.05) is 31.6 Å². The van der Waals surface area contributed by atoms with Crippen LogP contribution in [-0.4, -0.2) is 44.6 Å². The van der Waals surface area contributed by atoms with Gasteiger partial charge in [0, 0.05) is 25.6 Å². The number of piperidine rings is 1. The largest absolute Gasteiger partial charge is 0.495 e. The number of rotatable bonds is 4. The summed E-state index contributed by atoms with van der Waals surface area (Å²) in [4.78, 5) is 26.4. The van der Waals surface area contributed by atoms with Gasteiger partial charge in [-0.25, -0.2) is 0 Å². The molecule has 2 N–H and O–H groups in total. The number of methoxy groups -OCH3 is 1. The van der Waals surface area contributed by atoms with E-state index in [1.165, 1.54) is 0 Å². The van der Waals surface area contributed by atoms with Gasteiger partial charge in [-0.05, 0) is 31.5 Å². The normalized spacial score (nSPS) is 23.5. The first-order valence-electron chi connectivity index (χ1n) is 8.13. The van der Waals surface area contributed by atoms with Crippen molar-refractivity contribution < 1.29 is 14.3 Å². The molecule has 0 aromatic heterocycles. The number of anilines is 1. The molecule has 3 rings (SSSR count). The standard InChI is InChI=1S/C17H23N3O3.ClH/c1-23-15-7-3-2-6-14(15)20-11-12(9-16(20)21)17(22)19-13-5-4-8-18-10-13;/h2-3,6-7,12-13,18H,4-5,8-11H2,1H3,(H,19,22);1H. The van der Waals surface area contributed by atoms with Crippen LogP contribution >= 0.6 is 12.4 Å². The van der Waals surface area contributed by atoms with Gasteiger partial charge in [0.25, 0.3) is 0 Å². The molecule has 2 unspecified atom stereocenters. The summed E-state index contributed by atoms with van der Waals surface area (Å²) in [6, 6.07) is 7.58. The lowest BCUT2D eigenvalue weighted by molar-refractivity contribution is -0.127. The number of hydrogen-bond donors (Lipinski definition) is 2. The van der Waals surface area contributed by atoms with Crippen molar-refractivity contribution in [1.29, 1.82) is 0 Å². The highest BCUT2D eigenvalue weighted by Gasteiger charge is 2.36. The maximum Gasteiger partial charge on any atom is 0.227 e. The second kappa shape index (κ2) is 8.35. The second-order valence-electron chi connectivity index (χ2n) is 6.13.